The lowest BCUT2D eigenvalue weighted by Gasteiger charge is -2.26. The molecule has 0 aliphatic carbocycles. The van der Waals surface area contributed by atoms with Gasteiger partial charge in [0.1, 0.15) is 0 Å². The summed E-state index contributed by atoms with van der Waals surface area (Å²) < 4.78 is 0. The van der Waals surface area contributed by atoms with E-state index in [0.29, 0.717) is 13.1 Å². The lowest BCUT2D eigenvalue weighted by Crippen LogP contribution is -2.26. The molecule has 0 saturated carbocycles. The molecule has 0 aliphatic rings. The number of aryl methyl sites for hydroxylation is 1. The Hall–Kier alpha value is -1.64. The molecule has 0 amide bonds. The SMILES string of the molecule is Cc1ccc(C(CN)C(CN)c2ccccc2)cc1. The van der Waals surface area contributed by atoms with Gasteiger partial charge in [0.25, 0.3) is 0 Å². The van der Waals surface area contributed by atoms with E-state index in [1.807, 2.05) is 6.07 Å². The fourth-order valence-corrected chi connectivity index (χ4v) is 2.58. The molecule has 2 atom stereocenters. The first kappa shape index (κ1) is 13.8. The minimum Gasteiger partial charge on any atom is -0.330 e. The van der Waals surface area contributed by atoms with Crippen LogP contribution < -0.4 is 11.5 Å². The molecule has 0 aromatic heterocycles. The maximum atomic E-state index is 6.00. The zero-order chi connectivity index (χ0) is 13.7. The van der Waals surface area contributed by atoms with Gasteiger partial charge in [-0.25, -0.2) is 0 Å². The Bertz CT molecular complexity index is 490. The van der Waals surface area contributed by atoms with E-state index in [1.165, 1.54) is 16.7 Å². The summed E-state index contributed by atoms with van der Waals surface area (Å²) >= 11 is 0. The van der Waals surface area contributed by atoms with Crippen LogP contribution in [0.25, 0.3) is 0 Å². The maximum Gasteiger partial charge on any atom is 0.00420 e. The lowest BCUT2D eigenvalue weighted by atomic mass is 9.81. The van der Waals surface area contributed by atoms with Crippen molar-refractivity contribution in [2.75, 3.05) is 13.1 Å². The van der Waals surface area contributed by atoms with Gasteiger partial charge in [-0.15, -0.1) is 0 Å². The first-order valence-electron chi connectivity index (χ1n) is 6.78. The fraction of sp³-hybridized carbons (Fsp3) is 0.294. The van der Waals surface area contributed by atoms with Gasteiger partial charge >= 0.3 is 0 Å². The topological polar surface area (TPSA) is 52.0 Å². The smallest absolute Gasteiger partial charge is 0.00420 e. The van der Waals surface area contributed by atoms with Crippen LogP contribution in [-0.4, -0.2) is 13.1 Å². The van der Waals surface area contributed by atoms with Crippen molar-refractivity contribution in [2.45, 2.75) is 18.8 Å². The van der Waals surface area contributed by atoms with E-state index >= 15 is 0 Å². The number of rotatable bonds is 5. The first-order valence-corrected chi connectivity index (χ1v) is 6.78. The Kier molecular flexibility index (Phi) is 4.72. The van der Waals surface area contributed by atoms with Crippen molar-refractivity contribution in [3.8, 4) is 0 Å². The second kappa shape index (κ2) is 6.50. The molecule has 100 valence electrons. The van der Waals surface area contributed by atoms with Crippen LogP contribution in [0.5, 0.6) is 0 Å². The van der Waals surface area contributed by atoms with Crippen LogP contribution >= 0.6 is 0 Å². The molecule has 0 aliphatic heterocycles. The average Bonchev–Trinajstić information content (AvgIpc) is 2.47. The third-order valence-electron chi connectivity index (χ3n) is 3.73. The van der Waals surface area contributed by atoms with Crippen molar-refractivity contribution in [1.29, 1.82) is 0 Å². The maximum absolute atomic E-state index is 6.00. The van der Waals surface area contributed by atoms with E-state index < -0.39 is 0 Å². The van der Waals surface area contributed by atoms with Crippen LogP contribution in [0.4, 0.5) is 0 Å². The molecule has 0 spiro atoms. The second-order valence-corrected chi connectivity index (χ2v) is 5.01. The first-order chi connectivity index (χ1) is 9.26. The van der Waals surface area contributed by atoms with Crippen LogP contribution in [0.3, 0.4) is 0 Å². The molecule has 19 heavy (non-hydrogen) atoms. The molecule has 0 fully saturated rings. The molecule has 4 N–H and O–H groups in total. The van der Waals surface area contributed by atoms with Crippen molar-refractivity contribution in [1.82, 2.24) is 0 Å². The van der Waals surface area contributed by atoms with Gasteiger partial charge in [0.2, 0.25) is 0 Å². The van der Waals surface area contributed by atoms with Gasteiger partial charge in [-0.2, -0.15) is 0 Å². The number of hydrogen-bond acceptors (Lipinski definition) is 2. The summed E-state index contributed by atoms with van der Waals surface area (Å²) in [5.41, 5.74) is 15.8. The molecule has 0 heterocycles. The van der Waals surface area contributed by atoms with Crippen LogP contribution in [0.1, 0.15) is 28.5 Å². The van der Waals surface area contributed by atoms with Gasteiger partial charge < -0.3 is 11.5 Å². The van der Waals surface area contributed by atoms with E-state index in [0.717, 1.165) is 0 Å². The molecule has 2 heteroatoms. The van der Waals surface area contributed by atoms with E-state index in [2.05, 4.69) is 55.5 Å². The summed E-state index contributed by atoms with van der Waals surface area (Å²) in [6, 6.07) is 19.0. The Balaban J connectivity index is 2.31. The number of nitrogens with two attached hydrogens (primary N) is 2. The minimum absolute atomic E-state index is 0.271. The molecule has 0 bridgehead atoms. The van der Waals surface area contributed by atoms with Gasteiger partial charge in [-0.05, 0) is 31.1 Å². The van der Waals surface area contributed by atoms with Gasteiger partial charge in [0.15, 0.2) is 0 Å². The van der Waals surface area contributed by atoms with Crippen LogP contribution in [0.15, 0.2) is 54.6 Å². The minimum atomic E-state index is 0.271. The summed E-state index contributed by atoms with van der Waals surface area (Å²) in [6.07, 6.45) is 0. The third kappa shape index (κ3) is 3.22. The summed E-state index contributed by atoms with van der Waals surface area (Å²) in [5, 5.41) is 0. The molecule has 2 unspecified atom stereocenters. The quantitative estimate of drug-likeness (QED) is 0.862. The normalized spacial score (nSPS) is 14.1. The molecule has 2 rings (SSSR count). The molecular formula is C17H22N2. The number of hydrogen-bond donors (Lipinski definition) is 2. The molecule has 2 aromatic rings. The summed E-state index contributed by atoms with van der Waals surface area (Å²) in [6.45, 7) is 3.32. The molecule has 2 aromatic carbocycles. The third-order valence-corrected chi connectivity index (χ3v) is 3.73. The monoisotopic (exact) mass is 254 g/mol. The second-order valence-electron chi connectivity index (χ2n) is 5.01. The largest absolute Gasteiger partial charge is 0.330 e. The molecule has 0 radical (unpaired) electrons. The van der Waals surface area contributed by atoms with Crippen LogP contribution in [-0.2, 0) is 0 Å². The van der Waals surface area contributed by atoms with E-state index in [1.54, 1.807) is 0 Å². The van der Waals surface area contributed by atoms with Gasteiger partial charge in [-0.1, -0.05) is 60.2 Å². The number of benzene rings is 2. The summed E-state index contributed by atoms with van der Waals surface area (Å²) in [4.78, 5) is 0. The standard InChI is InChI=1S/C17H22N2/c1-13-7-9-15(10-8-13)17(12-19)16(11-18)14-5-3-2-4-6-14/h2-10,16-17H,11-12,18-19H2,1H3. The van der Waals surface area contributed by atoms with E-state index in [4.69, 9.17) is 11.5 Å². The van der Waals surface area contributed by atoms with Gasteiger partial charge in [0.05, 0.1) is 0 Å². The van der Waals surface area contributed by atoms with Crippen molar-refractivity contribution in [3.05, 3.63) is 71.3 Å². The van der Waals surface area contributed by atoms with Gasteiger partial charge in [0, 0.05) is 11.8 Å². The Morgan fingerprint density at radius 2 is 1.21 bits per heavy atom. The highest BCUT2D eigenvalue weighted by Crippen LogP contribution is 2.31. The highest BCUT2D eigenvalue weighted by atomic mass is 14.6. The van der Waals surface area contributed by atoms with E-state index in [-0.39, 0.29) is 11.8 Å². The highest BCUT2D eigenvalue weighted by molar-refractivity contribution is 5.31. The van der Waals surface area contributed by atoms with Crippen molar-refractivity contribution in [2.24, 2.45) is 11.5 Å². The molecule has 2 nitrogen and oxygen atoms in total. The van der Waals surface area contributed by atoms with Crippen LogP contribution in [0, 0.1) is 6.92 Å². The van der Waals surface area contributed by atoms with Gasteiger partial charge in [-0.3, -0.25) is 0 Å². The predicted molar refractivity (Wildman–Crippen MR) is 81.2 cm³/mol. The molecule has 0 saturated heterocycles. The average molecular weight is 254 g/mol. The van der Waals surface area contributed by atoms with Crippen LogP contribution in [0.2, 0.25) is 0 Å². The fourth-order valence-electron chi connectivity index (χ4n) is 2.58. The van der Waals surface area contributed by atoms with Crippen molar-refractivity contribution in [3.63, 3.8) is 0 Å². The van der Waals surface area contributed by atoms with Crippen molar-refractivity contribution < 1.29 is 0 Å². The predicted octanol–water partition coefficient (Wildman–Crippen LogP) is 2.78. The summed E-state index contributed by atoms with van der Waals surface area (Å²) in [5.74, 6) is 0.543. The molecular weight excluding hydrogens is 232 g/mol. The lowest BCUT2D eigenvalue weighted by molar-refractivity contribution is 0.553. The zero-order valence-corrected chi connectivity index (χ0v) is 11.4. The van der Waals surface area contributed by atoms with E-state index in [9.17, 15) is 0 Å². The summed E-state index contributed by atoms with van der Waals surface area (Å²) in [7, 11) is 0. The highest BCUT2D eigenvalue weighted by Gasteiger charge is 2.22. The Morgan fingerprint density at radius 1 is 0.737 bits per heavy atom. The zero-order valence-electron chi connectivity index (χ0n) is 11.4. The Labute approximate surface area is 115 Å². The van der Waals surface area contributed by atoms with Crippen molar-refractivity contribution >= 4 is 0 Å². The Morgan fingerprint density at radius 3 is 1.68 bits per heavy atom.